The first-order valence-electron chi connectivity index (χ1n) is 5.56. The van der Waals surface area contributed by atoms with Crippen LogP contribution in [0.5, 0.6) is 0 Å². The second-order valence-electron chi connectivity index (χ2n) is 4.20. The molecule has 0 aromatic heterocycles. The molecule has 16 heavy (non-hydrogen) atoms. The number of benzene rings is 1. The molecule has 0 radical (unpaired) electrons. The molecule has 0 amide bonds. The Labute approximate surface area is 101 Å². The van der Waals surface area contributed by atoms with Gasteiger partial charge in [-0.05, 0) is 25.0 Å². The summed E-state index contributed by atoms with van der Waals surface area (Å²) in [4.78, 5) is 0. The monoisotopic (exact) mass is 240 g/mol. The van der Waals surface area contributed by atoms with Gasteiger partial charge in [-0.3, -0.25) is 0 Å². The molecule has 1 aliphatic heterocycles. The molecule has 0 spiro atoms. The standard InChI is InChI=1S/C12H17ClN2O/c13-10-3-1-2-4-11(10)15-12(9-14)5-7-16-8-6-12/h1-4,15H,5-9,14H2. The maximum absolute atomic E-state index is 6.13. The summed E-state index contributed by atoms with van der Waals surface area (Å²) in [6, 6.07) is 7.76. The Morgan fingerprint density at radius 3 is 2.62 bits per heavy atom. The largest absolute Gasteiger partial charge is 0.381 e. The average molecular weight is 241 g/mol. The van der Waals surface area contributed by atoms with Crippen molar-refractivity contribution in [2.75, 3.05) is 25.1 Å². The molecule has 4 heteroatoms. The summed E-state index contributed by atoms with van der Waals surface area (Å²) in [5.74, 6) is 0. The molecule has 1 aliphatic rings. The van der Waals surface area contributed by atoms with Crippen molar-refractivity contribution in [1.29, 1.82) is 0 Å². The first kappa shape index (κ1) is 11.7. The van der Waals surface area contributed by atoms with Gasteiger partial charge in [0.1, 0.15) is 0 Å². The number of halogens is 1. The minimum atomic E-state index is -0.0662. The van der Waals surface area contributed by atoms with Gasteiger partial charge in [0.05, 0.1) is 16.2 Å². The number of hydrogen-bond acceptors (Lipinski definition) is 3. The smallest absolute Gasteiger partial charge is 0.0637 e. The molecular formula is C12H17ClN2O. The van der Waals surface area contributed by atoms with Crippen LogP contribution in [-0.4, -0.2) is 25.3 Å². The minimum absolute atomic E-state index is 0.0662. The van der Waals surface area contributed by atoms with Crippen LogP contribution < -0.4 is 11.1 Å². The highest BCUT2D eigenvalue weighted by Gasteiger charge is 2.31. The van der Waals surface area contributed by atoms with Crippen LogP contribution in [0.3, 0.4) is 0 Å². The Hall–Kier alpha value is -0.770. The van der Waals surface area contributed by atoms with Gasteiger partial charge in [-0.25, -0.2) is 0 Å². The quantitative estimate of drug-likeness (QED) is 0.852. The van der Waals surface area contributed by atoms with E-state index in [9.17, 15) is 0 Å². The van der Waals surface area contributed by atoms with Gasteiger partial charge in [0.15, 0.2) is 0 Å². The van der Waals surface area contributed by atoms with Crippen LogP contribution in [0.4, 0.5) is 5.69 Å². The molecule has 0 bridgehead atoms. The summed E-state index contributed by atoms with van der Waals surface area (Å²) in [7, 11) is 0. The number of rotatable bonds is 3. The zero-order valence-electron chi connectivity index (χ0n) is 9.21. The molecule has 3 N–H and O–H groups in total. The van der Waals surface area contributed by atoms with Gasteiger partial charge in [0, 0.05) is 19.8 Å². The lowest BCUT2D eigenvalue weighted by Gasteiger charge is -2.38. The molecule has 1 heterocycles. The topological polar surface area (TPSA) is 47.3 Å². The van der Waals surface area contributed by atoms with Gasteiger partial charge < -0.3 is 15.8 Å². The Morgan fingerprint density at radius 1 is 1.31 bits per heavy atom. The van der Waals surface area contributed by atoms with Crippen LogP contribution >= 0.6 is 11.6 Å². The molecule has 0 aliphatic carbocycles. The van der Waals surface area contributed by atoms with Gasteiger partial charge in [-0.2, -0.15) is 0 Å². The van der Waals surface area contributed by atoms with Crippen LogP contribution in [0.15, 0.2) is 24.3 Å². The fraction of sp³-hybridized carbons (Fsp3) is 0.500. The van der Waals surface area contributed by atoms with Crippen molar-refractivity contribution in [1.82, 2.24) is 0 Å². The maximum Gasteiger partial charge on any atom is 0.0637 e. The van der Waals surface area contributed by atoms with E-state index in [0.29, 0.717) is 6.54 Å². The van der Waals surface area contributed by atoms with Gasteiger partial charge in [0.2, 0.25) is 0 Å². The van der Waals surface area contributed by atoms with Gasteiger partial charge in [-0.15, -0.1) is 0 Å². The summed E-state index contributed by atoms with van der Waals surface area (Å²) in [6.45, 7) is 2.12. The van der Waals surface area contributed by atoms with Crippen molar-refractivity contribution < 1.29 is 4.74 Å². The van der Waals surface area contributed by atoms with E-state index >= 15 is 0 Å². The first-order chi connectivity index (χ1) is 7.76. The molecule has 1 saturated heterocycles. The first-order valence-corrected chi connectivity index (χ1v) is 5.94. The molecule has 0 atom stereocenters. The van der Waals surface area contributed by atoms with E-state index in [1.807, 2.05) is 24.3 Å². The highest BCUT2D eigenvalue weighted by atomic mass is 35.5. The van der Waals surface area contributed by atoms with E-state index in [4.69, 9.17) is 22.1 Å². The highest BCUT2D eigenvalue weighted by molar-refractivity contribution is 6.33. The van der Waals surface area contributed by atoms with Crippen LogP contribution in [0.2, 0.25) is 5.02 Å². The number of anilines is 1. The van der Waals surface area contributed by atoms with Crippen molar-refractivity contribution in [2.24, 2.45) is 5.73 Å². The van der Waals surface area contributed by atoms with Crippen molar-refractivity contribution >= 4 is 17.3 Å². The lowest BCUT2D eigenvalue weighted by molar-refractivity contribution is 0.0628. The summed E-state index contributed by atoms with van der Waals surface area (Å²) < 4.78 is 5.37. The van der Waals surface area contributed by atoms with Crippen molar-refractivity contribution in [3.63, 3.8) is 0 Å². The van der Waals surface area contributed by atoms with Gasteiger partial charge >= 0.3 is 0 Å². The van der Waals surface area contributed by atoms with E-state index in [2.05, 4.69) is 5.32 Å². The average Bonchev–Trinajstić information content (AvgIpc) is 2.33. The molecule has 3 nitrogen and oxygen atoms in total. The molecule has 1 aromatic carbocycles. The number of nitrogens with two attached hydrogens (primary N) is 1. The predicted octanol–water partition coefficient (Wildman–Crippen LogP) is 2.26. The Bertz CT molecular complexity index is 351. The number of nitrogens with one attached hydrogen (secondary N) is 1. The van der Waals surface area contributed by atoms with Crippen LogP contribution in [-0.2, 0) is 4.74 Å². The molecule has 88 valence electrons. The number of hydrogen-bond donors (Lipinski definition) is 2. The molecular weight excluding hydrogens is 224 g/mol. The van der Waals surface area contributed by atoms with Crippen molar-refractivity contribution in [2.45, 2.75) is 18.4 Å². The lowest BCUT2D eigenvalue weighted by Crippen LogP contribution is -2.49. The van der Waals surface area contributed by atoms with Crippen LogP contribution in [0, 0.1) is 0 Å². The Morgan fingerprint density at radius 2 is 2.00 bits per heavy atom. The van der Waals surface area contributed by atoms with E-state index in [-0.39, 0.29) is 5.54 Å². The third-order valence-corrected chi connectivity index (χ3v) is 3.44. The number of ether oxygens (including phenoxy) is 1. The zero-order chi connectivity index (χ0) is 11.4. The molecule has 1 aromatic rings. The SMILES string of the molecule is NCC1(Nc2ccccc2Cl)CCOCC1. The molecule has 0 unspecified atom stereocenters. The van der Waals surface area contributed by atoms with E-state index in [1.54, 1.807) is 0 Å². The van der Waals surface area contributed by atoms with Gasteiger partial charge in [-0.1, -0.05) is 23.7 Å². The van der Waals surface area contributed by atoms with Gasteiger partial charge in [0.25, 0.3) is 0 Å². The molecule has 2 rings (SSSR count). The van der Waals surface area contributed by atoms with E-state index in [0.717, 1.165) is 36.8 Å². The lowest BCUT2D eigenvalue weighted by atomic mass is 9.90. The third-order valence-electron chi connectivity index (χ3n) is 3.11. The van der Waals surface area contributed by atoms with Crippen molar-refractivity contribution in [3.8, 4) is 0 Å². The zero-order valence-corrected chi connectivity index (χ0v) is 9.96. The number of para-hydroxylation sites is 1. The fourth-order valence-corrected chi connectivity index (χ4v) is 2.17. The van der Waals surface area contributed by atoms with Crippen LogP contribution in [0.1, 0.15) is 12.8 Å². The summed E-state index contributed by atoms with van der Waals surface area (Å²) in [5.41, 5.74) is 6.76. The second-order valence-corrected chi connectivity index (χ2v) is 4.61. The fourth-order valence-electron chi connectivity index (χ4n) is 1.99. The van der Waals surface area contributed by atoms with Crippen molar-refractivity contribution in [3.05, 3.63) is 29.3 Å². The molecule has 0 saturated carbocycles. The Balaban J connectivity index is 2.15. The van der Waals surface area contributed by atoms with E-state index < -0.39 is 0 Å². The molecule has 1 fully saturated rings. The van der Waals surface area contributed by atoms with E-state index in [1.165, 1.54) is 0 Å². The highest BCUT2D eigenvalue weighted by Crippen LogP contribution is 2.29. The van der Waals surface area contributed by atoms with Crippen LogP contribution in [0.25, 0.3) is 0 Å². The summed E-state index contributed by atoms with van der Waals surface area (Å²) >= 11 is 6.13. The summed E-state index contributed by atoms with van der Waals surface area (Å²) in [5, 5.41) is 4.21. The maximum atomic E-state index is 6.13. The minimum Gasteiger partial charge on any atom is -0.381 e. The normalized spacial score (nSPS) is 19.4. The predicted molar refractivity (Wildman–Crippen MR) is 66.9 cm³/mol. The summed E-state index contributed by atoms with van der Waals surface area (Å²) in [6.07, 6.45) is 1.85. The third kappa shape index (κ3) is 2.48. The second kappa shape index (κ2) is 5.04. The Kier molecular flexibility index (Phi) is 3.69.